The van der Waals surface area contributed by atoms with E-state index in [4.69, 9.17) is 0 Å². The van der Waals surface area contributed by atoms with E-state index in [0.29, 0.717) is 11.3 Å². The van der Waals surface area contributed by atoms with Gasteiger partial charge in [0.15, 0.2) is 0 Å². The normalized spacial score (nSPS) is 11.8. The van der Waals surface area contributed by atoms with E-state index >= 15 is 0 Å². The van der Waals surface area contributed by atoms with E-state index < -0.39 is 5.97 Å². The smallest absolute Gasteiger partial charge is 0.337 e. The van der Waals surface area contributed by atoms with Gasteiger partial charge in [0.05, 0.1) is 12.7 Å². The summed E-state index contributed by atoms with van der Waals surface area (Å²) in [5, 5.41) is 2.87. The van der Waals surface area contributed by atoms with E-state index in [0.717, 1.165) is 18.4 Å². The van der Waals surface area contributed by atoms with Crippen molar-refractivity contribution in [3.63, 3.8) is 0 Å². The van der Waals surface area contributed by atoms with Crippen LogP contribution in [-0.4, -0.2) is 19.0 Å². The van der Waals surface area contributed by atoms with Crippen molar-refractivity contribution in [3.05, 3.63) is 29.3 Å². The van der Waals surface area contributed by atoms with E-state index in [1.807, 2.05) is 20.8 Å². The number of rotatable bonds is 5. The van der Waals surface area contributed by atoms with E-state index in [9.17, 15) is 9.59 Å². The molecule has 104 valence electrons. The first-order valence-corrected chi connectivity index (χ1v) is 6.49. The van der Waals surface area contributed by atoms with Gasteiger partial charge in [0.1, 0.15) is 0 Å². The van der Waals surface area contributed by atoms with Gasteiger partial charge in [-0.2, -0.15) is 0 Å². The Labute approximate surface area is 114 Å². The van der Waals surface area contributed by atoms with Crippen LogP contribution in [0.2, 0.25) is 0 Å². The Hall–Kier alpha value is -1.84. The second-order valence-corrected chi connectivity index (χ2v) is 4.70. The molecule has 0 saturated carbocycles. The average Bonchev–Trinajstić information content (AvgIpc) is 2.40. The highest BCUT2D eigenvalue weighted by molar-refractivity contribution is 5.96. The van der Waals surface area contributed by atoms with Crippen LogP contribution >= 0.6 is 0 Å². The van der Waals surface area contributed by atoms with Crippen molar-refractivity contribution in [3.8, 4) is 0 Å². The largest absolute Gasteiger partial charge is 0.465 e. The third-order valence-corrected chi connectivity index (χ3v) is 3.09. The van der Waals surface area contributed by atoms with Crippen LogP contribution in [0.5, 0.6) is 0 Å². The average molecular weight is 263 g/mol. The summed E-state index contributed by atoms with van der Waals surface area (Å²) >= 11 is 0. The monoisotopic (exact) mass is 263 g/mol. The number of aryl methyl sites for hydroxylation is 1. The SMILES string of the molecule is CCC[C@@H](C)C(=O)Nc1cc(C(=O)OC)ccc1C. The number of anilines is 1. The van der Waals surface area contributed by atoms with Crippen LogP contribution in [0.25, 0.3) is 0 Å². The van der Waals surface area contributed by atoms with Gasteiger partial charge in [-0.15, -0.1) is 0 Å². The minimum atomic E-state index is -0.405. The third kappa shape index (κ3) is 4.09. The molecular weight excluding hydrogens is 242 g/mol. The van der Waals surface area contributed by atoms with Gasteiger partial charge in [-0.05, 0) is 31.0 Å². The zero-order chi connectivity index (χ0) is 14.4. The van der Waals surface area contributed by atoms with E-state index in [2.05, 4.69) is 10.1 Å². The molecule has 0 spiro atoms. The summed E-state index contributed by atoms with van der Waals surface area (Å²) in [6, 6.07) is 5.14. The standard InChI is InChI=1S/C15H21NO3/c1-5-6-11(3)14(17)16-13-9-12(15(18)19-4)8-7-10(13)2/h7-9,11H,5-6H2,1-4H3,(H,16,17)/t11-/m1/s1. The zero-order valence-electron chi connectivity index (χ0n) is 11.9. The van der Waals surface area contributed by atoms with E-state index in [1.165, 1.54) is 7.11 Å². The summed E-state index contributed by atoms with van der Waals surface area (Å²) in [6.45, 7) is 5.84. The number of benzene rings is 1. The molecule has 1 atom stereocenters. The van der Waals surface area contributed by atoms with Crippen molar-refractivity contribution in [1.29, 1.82) is 0 Å². The molecule has 19 heavy (non-hydrogen) atoms. The molecule has 0 saturated heterocycles. The molecule has 0 bridgehead atoms. The van der Waals surface area contributed by atoms with Crippen molar-refractivity contribution in [1.82, 2.24) is 0 Å². The molecule has 0 aliphatic rings. The van der Waals surface area contributed by atoms with Crippen LogP contribution in [0.1, 0.15) is 42.6 Å². The van der Waals surface area contributed by atoms with Crippen molar-refractivity contribution in [2.45, 2.75) is 33.6 Å². The zero-order valence-corrected chi connectivity index (χ0v) is 11.9. The minimum Gasteiger partial charge on any atom is -0.465 e. The van der Waals surface area contributed by atoms with Crippen LogP contribution in [0.15, 0.2) is 18.2 Å². The lowest BCUT2D eigenvalue weighted by molar-refractivity contribution is -0.119. The molecule has 0 aromatic heterocycles. The Bertz CT molecular complexity index is 468. The number of nitrogens with one attached hydrogen (secondary N) is 1. The number of hydrogen-bond donors (Lipinski definition) is 1. The Morgan fingerprint density at radius 2 is 2.05 bits per heavy atom. The summed E-state index contributed by atoms with van der Waals surface area (Å²) < 4.78 is 4.67. The molecule has 1 aromatic carbocycles. The molecule has 0 aliphatic carbocycles. The molecule has 4 nitrogen and oxygen atoms in total. The maximum Gasteiger partial charge on any atom is 0.337 e. The molecule has 1 amide bonds. The molecule has 0 fully saturated rings. The molecule has 0 aliphatic heterocycles. The first-order valence-electron chi connectivity index (χ1n) is 6.49. The maximum absolute atomic E-state index is 12.0. The summed E-state index contributed by atoms with van der Waals surface area (Å²) in [7, 11) is 1.34. The van der Waals surface area contributed by atoms with Crippen LogP contribution in [0.3, 0.4) is 0 Å². The fraction of sp³-hybridized carbons (Fsp3) is 0.467. The maximum atomic E-state index is 12.0. The van der Waals surface area contributed by atoms with Gasteiger partial charge in [-0.25, -0.2) is 4.79 Å². The second kappa shape index (κ2) is 6.92. The fourth-order valence-electron chi connectivity index (χ4n) is 1.82. The number of carbonyl (C=O) groups excluding carboxylic acids is 2. The molecule has 0 radical (unpaired) electrons. The number of carbonyl (C=O) groups is 2. The predicted octanol–water partition coefficient (Wildman–Crippen LogP) is 3.16. The highest BCUT2D eigenvalue weighted by Crippen LogP contribution is 2.19. The van der Waals surface area contributed by atoms with Gasteiger partial charge >= 0.3 is 5.97 Å². The summed E-state index contributed by atoms with van der Waals surface area (Å²) in [4.78, 5) is 23.4. The molecule has 0 unspecified atom stereocenters. The van der Waals surface area contributed by atoms with Crippen molar-refractivity contribution >= 4 is 17.6 Å². The van der Waals surface area contributed by atoms with Crippen molar-refractivity contribution in [2.24, 2.45) is 5.92 Å². The van der Waals surface area contributed by atoms with Crippen LogP contribution in [0, 0.1) is 12.8 Å². The summed E-state index contributed by atoms with van der Waals surface area (Å²) in [6.07, 6.45) is 1.82. The Morgan fingerprint density at radius 1 is 1.37 bits per heavy atom. The lowest BCUT2D eigenvalue weighted by Crippen LogP contribution is -2.21. The number of amides is 1. The highest BCUT2D eigenvalue weighted by Gasteiger charge is 2.14. The topological polar surface area (TPSA) is 55.4 Å². The summed E-state index contributed by atoms with van der Waals surface area (Å²) in [5.74, 6) is -0.463. The quantitative estimate of drug-likeness (QED) is 0.830. The summed E-state index contributed by atoms with van der Waals surface area (Å²) in [5.41, 5.74) is 2.02. The van der Waals surface area contributed by atoms with E-state index in [1.54, 1.807) is 18.2 Å². The first-order chi connectivity index (χ1) is 8.99. The van der Waals surface area contributed by atoms with Gasteiger partial charge in [-0.3, -0.25) is 4.79 Å². The Kier molecular flexibility index (Phi) is 5.55. The Morgan fingerprint density at radius 3 is 2.63 bits per heavy atom. The second-order valence-electron chi connectivity index (χ2n) is 4.70. The number of esters is 1. The molecule has 4 heteroatoms. The predicted molar refractivity (Wildman–Crippen MR) is 75.2 cm³/mol. The Balaban J connectivity index is 2.88. The van der Waals surface area contributed by atoms with Crippen LogP contribution < -0.4 is 5.32 Å². The number of ether oxygens (including phenoxy) is 1. The molecule has 1 rings (SSSR count). The minimum absolute atomic E-state index is 0.0213. The lowest BCUT2D eigenvalue weighted by Gasteiger charge is -2.13. The van der Waals surface area contributed by atoms with Crippen LogP contribution in [-0.2, 0) is 9.53 Å². The van der Waals surface area contributed by atoms with Gasteiger partial charge in [0.25, 0.3) is 0 Å². The van der Waals surface area contributed by atoms with Crippen molar-refractivity contribution in [2.75, 3.05) is 12.4 Å². The molecule has 1 aromatic rings. The van der Waals surface area contributed by atoms with Gasteiger partial charge in [0, 0.05) is 11.6 Å². The molecule has 0 heterocycles. The lowest BCUT2D eigenvalue weighted by atomic mass is 10.0. The fourth-order valence-corrected chi connectivity index (χ4v) is 1.82. The number of hydrogen-bond acceptors (Lipinski definition) is 3. The molecular formula is C15H21NO3. The number of methoxy groups -OCH3 is 1. The molecule has 1 N–H and O–H groups in total. The van der Waals surface area contributed by atoms with Crippen LogP contribution in [0.4, 0.5) is 5.69 Å². The highest BCUT2D eigenvalue weighted by atomic mass is 16.5. The van der Waals surface area contributed by atoms with Gasteiger partial charge < -0.3 is 10.1 Å². The van der Waals surface area contributed by atoms with E-state index in [-0.39, 0.29) is 11.8 Å². The first kappa shape index (κ1) is 15.2. The van der Waals surface area contributed by atoms with Gasteiger partial charge in [-0.1, -0.05) is 26.3 Å². The van der Waals surface area contributed by atoms with Gasteiger partial charge in [0.2, 0.25) is 5.91 Å². The van der Waals surface area contributed by atoms with Crippen molar-refractivity contribution < 1.29 is 14.3 Å². The third-order valence-electron chi connectivity index (χ3n) is 3.09.